The summed E-state index contributed by atoms with van der Waals surface area (Å²) in [5.41, 5.74) is 0. The van der Waals surface area contributed by atoms with Crippen LogP contribution >= 0.6 is 15.9 Å². The van der Waals surface area contributed by atoms with Crippen LogP contribution in [0.5, 0.6) is 0 Å². The lowest BCUT2D eigenvalue weighted by Gasteiger charge is -2.23. The van der Waals surface area contributed by atoms with Crippen molar-refractivity contribution in [2.24, 2.45) is 17.8 Å². The molecule has 0 heterocycles. The van der Waals surface area contributed by atoms with Crippen LogP contribution in [-0.2, 0) is 0 Å². The van der Waals surface area contributed by atoms with E-state index in [1.54, 1.807) is 0 Å². The predicted octanol–water partition coefficient (Wildman–Crippen LogP) is 3.33. The van der Waals surface area contributed by atoms with Gasteiger partial charge in [0.05, 0.1) is 0 Å². The fourth-order valence-corrected chi connectivity index (χ4v) is 3.01. The number of hydrogen-bond acceptors (Lipinski definition) is 0. The fraction of sp³-hybridized carbons (Fsp3) is 0.778. The SMILES string of the molecule is C[C@@H]1C(Br)=C[C@H]2CC[C@@H]1C2. The van der Waals surface area contributed by atoms with E-state index in [0.29, 0.717) is 0 Å². The quantitative estimate of drug-likeness (QED) is 0.563. The number of rotatable bonds is 0. The van der Waals surface area contributed by atoms with Crippen molar-refractivity contribution in [1.29, 1.82) is 0 Å². The maximum Gasteiger partial charge on any atom is -0.00554 e. The predicted molar refractivity (Wildman–Crippen MR) is 47.0 cm³/mol. The molecule has 3 atom stereocenters. The lowest BCUT2D eigenvalue weighted by atomic mass is 9.87. The second-order valence-corrected chi connectivity index (χ2v) is 4.59. The lowest BCUT2D eigenvalue weighted by Crippen LogP contribution is -2.12. The van der Waals surface area contributed by atoms with Crippen molar-refractivity contribution in [1.82, 2.24) is 0 Å². The monoisotopic (exact) mass is 200 g/mol. The lowest BCUT2D eigenvalue weighted by molar-refractivity contribution is 0.404. The molecule has 2 aliphatic carbocycles. The van der Waals surface area contributed by atoms with Gasteiger partial charge < -0.3 is 0 Å². The summed E-state index contributed by atoms with van der Waals surface area (Å²) < 4.78 is 1.46. The van der Waals surface area contributed by atoms with Crippen molar-refractivity contribution in [3.8, 4) is 0 Å². The zero-order valence-corrected chi connectivity index (χ0v) is 7.89. The summed E-state index contributed by atoms with van der Waals surface area (Å²) in [5, 5.41) is 0. The Morgan fingerprint density at radius 3 is 3.10 bits per heavy atom. The second kappa shape index (κ2) is 2.37. The van der Waals surface area contributed by atoms with Crippen molar-refractivity contribution in [2.45, 2.75) is 26.2 Å². The molecule has 2 aliphatic rings. The van der Waals surface area contributed by atoms with Gasteiger partial charge in [-0.1, -0.05) is 28.9 Å². The van der Waals surface area contributed by atoms with E-state index < -0.39 is 0 Å². The summed E-state index contributed by atoms with van der Waals surface area (Å²) in [4.78, 5) is 0. The standard InChI is InChI=1S/C9H13Br/c1-6-8-3-2-7(4-8)5-9(6)10/h5-8H,2-4H2,1H3/t6-,7-,8+/m0/s1. The molecule has 0 saturated heterocycles. The second-order valence-electron chi connectivity index (χ2n) is 3.67. The molecule has 2 bridgehead atoms. The Bertz CT molecular complexity index is 172. The van der Waals surface area contributed by atoms with Gasteiger partial charge >= 0.3 is 0 Å². The molecule has 0 aliphatic heterocycles. The smallest absolute Gasteiger partial charge is 0.00554 e. The number of halogens is 1. The van der Waals surface area contributed by atoms with Gasteiger partial charge in [-0.15, -0.1) is 0 Å². The summed E-state index contributed by atoms with van der Waals surface area (Å²) in [7, 11) is 0. The molecule has 1 heteroatoms. The summed E-state index contributed by atoms with van der Waals surface area (Å²) in [6, 6.07) is 0. The fourth-order valence-electron chi connectivity index (χ4n) is 2.26. The van der Waals surface area contributed by atoms with Crippen LogP contribution in [0.15, 0.2) is 10.6 Å². The molecule has 0 spiro atoms. The highest BCUT2D eigenvalue weighted by atomic mass is 79.9. The van der Waals surface area contributed by atoms with E-state index in [4.69, 9.17) is 0 Å². The van der Waals surface area contributed by atoms with E-state index in [1.165, 1.54) is 23.7 Å². The van der Waals surface area contributed by atoms with E-state index in [0.717, 1.165) is 17.8 Å². The average molecular weight is 201 g/mol. The van der Waals surface area contributed by atoms with Crippen LogP contribution in [-0.4, -0.2) is 0 Å². The van der Waals surface area contributed by atoms with Gasteiger partial charge in [0.25, 0.3) is 0 Å². The van der Waals surface area contributed by atoms with Crippen molar-refractivity contribution in [2.75, 3.05) is 0 Å². The third kappa shape index (κ3) is 0.952. The summed E-state index contributed by atoms with van der Waals surface area (Å²) in [5.74, 6) is 2.71. The van der Waals surface area contributed by atoms with Gasteiger partial charge in [-0.05, 0) is 41.5 Å². The molecule has 0 amide bonds. The number of allylic oxidation sites excluding steroid dienone is 2. The summed E-state index contributed by atoms with van der Waals surface area (Å²) in [6.07, 6.45) is 6.77. The average Bonchev–Trinajstić information content (AvgIpc) is 2.29. The summed E-state index contributed by atoms with van der Waals surface area (Å²) >= 11 is 3.64. The zero-order valence-electron chi connectivity index (χ0n) is 6.31. The van der Waals surface area contributed by atoms with Crippen molar-refractivity contribution >= 4 is 15.9 Å². The molecule has 56 valence electrons. The maximum absolute atomic E-state index is 3.64. The molecule has 2 rings (SSSR count). The molecule has 1 saturated carbocycles. The van der Waals surface area contributed by atoms with E-state index in [2.05, 4.69) is 28.9 Å². The first kappa shape index (κ1) is 6.90. The molecule has 10 heavy (non-hydrogen) atoms. The molecule has 0 N–H and O–H groups in total. The van der Waals surface area contributed by atoms with E-state index in [1.807, 2.05) is 0 Å². The first-order valence-corrected chi connectivity index (χ1v) is 4.94. The number of hydrogen-bond donors (Lipinski definition) is 0. The molecule has 0 aromatic heterocycles. The minimum absolute atomic E-state index is 0.804. The molecular formula is C9H13Br. The van der Waals surface area contributed by atoms with Gasteiger partial charge in [0.15, 0.2) is 0 Å². The van der Waals surface area contributed by atoms with Crippen LogP contribution in [0.2, 0.25) is 0 Å². The van der Waals surface area contributed by atoms with Crippen molar-refractivity contribution in [3.63, 3.8) is 0 Å². The Kier molecular flexibility index (Phi) is 1.63. The van der Waals surface area contributed by atoms with Gasteiger partial charge in [-0.2, -0.15) is 0 Å². The highest BCUT2D eigenvalue weighted by molar-refractivity contribution is 9.11. The normalized spacial score (nSPS) is 45.4. The third-order valence-corrected chi connectivity index (χ3v) is 4.04. The van der Waals surface area contributed by atoms with Gasteiger partial charge in [-0.3, -0.25) is 0 Å². The van der Waals surface area contributed by atoms with Gasteiger partial charge in [0, 0.05) is 0 Å². The van der Waals surface area contributed by atoms with Crippen LogP contribution in [0.4, 0.5) is 0 Å². The number of fused-ring (bicyclic) bond motifs is 2. The first-order chi connectivity index (χ1) is 4.77. The maximum atomic E-state index is 3.64. The van der Waals surface area contributed by atoms with Crippen LogP contribution < -0.4 is 0 Å². The van der Waals surface area contributed by atoms with Gasteiger partial charge in [0.2, 0.25) is 0 Å². The Morgan fingerprint density at radius 2 is 2.30 bits per heavy atom. The molecule has 0 nitrogen and oxygen atoms in total. The van der Waals surface area contributed by atoms with Crippen molar-refractivity contribution in [3.05, 3.63) is 10.6 Å². The summed E-state index contributed by atoms with van der Waals surface area (Å²) in [6.45, 7) is 2.34. The minimum Gasteiger partial charge on any atom is -0.0710 e. The first-order valence-electron chi connectivity index (χ1n) is 4.14. The highest BCUT2D eigenvalue weighted by Crippen LogP contribution is 2.45. The Balaban J connectivity index is 2.25. The highest BCUT2D eigenvalue weighted by Gasteiger charge is 2.32. The van der Waals surface area contributed by atoms with Crippen LogP contribution in [0.1, 0.15) is 26.2 Å². The van der Waals surface area contributed by atoms with Gasteiger partial charge in [-0.25, -0.2) is 0 Å². The molecule has 1 fully saturated rings. The Morgan fingerprint density at radius 1 is 1.50 bits per heavy atom. The topological polar surface area (TPSA) is 0 Å². The zero-order chi connectivity index (χ0) is 7.14. The Labute approximate surface area is 70.8 Å². The molecular weight excluding hydrogens is 188 g/mol. The van der Waals surface area contributed by atoms with Crippen LogP contribution in [0.3, 0.4) is 0 Å². The van der Waals surface area contributed by atoms with Crippen LogP contribution in [0.25, 0.3) is 0 Å². The van der Waals surface area contributed by atoms with Gasteiger partial charge in [0.1, 0.15) is 0 Å². The van der Waals surface area contributed by atoms with Crippen molar-refractivity contribution < 1.29 is 0 Å². The largest absolute Gasteiger partial charge is 0.0710 e. The molecule has 0 radical (unpaired) electrons. The van der Waals surface area contributed by atoms with E-state index in [9.17, 15) is 0 Å². The Hall–Kier alpha value is 0.220. The van der Waals surface area contributed by atoms with Crippen LogP contribution in [0, 0.1) is 17.8 Å². The molecule has 0 aromatic rings. The van der Waals surface area contributed by atoms with E-state index in [-0.39, 0.29) is 0 Å². The van der Waals surface area contributed by atoms with E-state index >= 15 is 0 Å². The molecule has 0 aromatic carbocycles. The minimum atomic E-state index is 0.804. The molecule has 0 unspecified atom stereocenters. The third-order valence-electron chi connectivity index (χ3n) is 3.05.